The minimum Gasteiger partial charge on any atom is -0.464 e. The second kappa shape index (κ2) is 7.59. The van der Waals surface area contributed by atoms with Gasteiger partial charge in [0.1, 0.15) is 12.2 Å². The highest BCUT2D eigenvalue weighted by Crippen LogP contribution is 2.25. The molecule has 26 heavy (non-hydrogen) atoms. The number of ether oxygens (including phenoxy) is 2. The highest BCUT2D eigenvalue weighted by atomic mass is 19.2. The van der Waals surface area contributed by atoms with Crippen LogP contribution in [0.1, 0.15) is 37.2 Å². The van der Waals surface area contributed by atoms with Crippen molar-refractivity contribution in [1.82, 2.24) is 4.57 Å². The van der Waals surface area contributed by atoms with E-state index in [0.717, 1.165) is 17.7 Å². The van der Waals surface area contributed by atoms with Crippen LogP contribution in [-0.2, 0) is 14.3 Å². The molecule has 0 bridgehead atoms. The smallest absolute Gasteiger partial charge is 0.343 e. The summed E-state index contributed by atoms with van der Waals surface area (Å²) >= 11 is 0. The molecule has 1 aromatic carbocycles. The van der Waals surface area contributed by atoms with E-state index < -0.39 is 57.3 Å². The van der Waals surface area contributed by atoms with Gasteiger partial charge in [-0.2, -0.15) is 0 Å². The summed E-state index contributed by atoms with van der Waals surface area (Å²) in [5, 5.41) is -0.526. The third-order valence-electron chi connectivity index (χ3n) is 3.65. The Hall–Kier alpha value is -2.84. The molecule has 140 valence electrons. The molecule has 6 nitrogen and oxygen atoms in total. The third-order valence-corrected chi connectivity index (χ3v) is 3.65. The van der Waals surface area contributed by atoms with Crippen molar-refractivity contribution < 1.29 is 32.2 Å². The molecule has 2 aromatic rings. The molecule has 0 aliphatic rings. The summed E-state index contributed by atoms with van der Waals surface area (Å²) in [6.07, 6.45) is 0.983. The van der Waals surface area contributed by atoms with Crippen molar-refractivity contribution in [2.75, 3.05) is 13.2 Å². The molecular formula is C17H16F3NO5. The normalized spacial score (nSPS) is 12.1. The largest absolute Gasteiger partial charge is 0.464 e. The molecule has 1 atom stereocenters. The minimum atomic E-state index is -1.76. The Morgan fingerprint density at radius 2 is 1.85 bits per heavy atom. The Kier molecular flexibility index (Phi) is 5.69. The molecule has 0 N–H and O–H groups in total. The average molecular weight is 371 g/mol. The van der Waals surface area contributed by atoms with Crippen molar-refractivity contribution in [1.29, 1.82) is 0 Å². The van der Waals surface area contributed by atoms with Gasteiger partial charge >= 0.3 is 11.9 Å². The van der Waals surface area contributed by atoms with Crippen molar-refractivity contribution in [3.8, 4) is 0 Å². The van der Waals surface area contributed by atoms with Crippen LogP contribution >= 0.6 is 0 Å². The van der Waals surface area contributed by atoms with Crippen molar-refractivity contribution >= 4 is 22.8 Å². The van der Waals surface area contributed by atoms with Gasteiger partial charge in [-0.25, -0.2) is 18.0 Å². The van der Waals surface area contributed by atoms with Gasteiger partial charge in [0.25, 0.3) is 0 Å². The van der Waals surface area contributed by atoms with E-state index >= 15 is 0 Å². The molecule has 0 saturated carbocycles. The van der Waals surface area contributed by atoms with Crippen LogP contribution in [0.3, 0.4) is 0 Å². The summed E-state index contributed by atoms with van der Waals surface area (Å²) in [7, 11) is 0. The first-order chi connectivity index (χ1) is 12.2. The Morgan fingerprint density at radius 3 is 2.42 bits per heavy atom. The van der Waals surface area contributed by atoms with E-state index in [2.05, 4.69) is 0 Å². The lowest BCUT2D eigenvalue weighted by molar-refractivity contribution is -0.141. The van der Waals surface area contributed by atoms with Gasteiger partial charge in [-0.15, -0.1) is 0 Å². The second-order valence-electron chi connectivity index (χ2n) is 5.53. The number of aromatic nitrogens is 1. The molecule has 1 unspecified atom stereocenters. The molecule has 0 aliphatic heterocycles. The topological polar surface area (TPSA) is 74.6 Å². The highest BCUT2D eigenvalue weighted by molar-refractivity contribution is 5.94. The van der Waals surface area contributed by atoms with Gasteiger partial charge in [-0.05, 0) is 19.9 Å². The number of carbonyl (C=O) groups excluding carboxylic acids is 2. The fourth-order valence-electron chi connectivity index (χ4n) is 2.44. The third kappa shape index (κ3) is 3.56. The summed E-state index contributed by atoms with van der Waals surface area (Å²) in [6, 6.07) is -0.261. The lowest BCUT2D eigenvalue weighted by Gasteiger charge is -2.20. The van der Waals surface area contributed by atoms with Crippen LogP contribution in [-0.4, -0.2) is 29.7 Å². The average Bonchev–Trinajstić information content (AvgIpc) is 2.58. The highest BCUT2D eigenvalue weighted by Gasteiger charge is 2.24. The summed E-state index contributed by atoms with van der Waals surface area (Å²) < 4.78 is 52.3. The number of halogens is 3. The van der Waals surface area contributed by atoms with Gasteiger partial charge in [-0.3, -0.25) is 9.59 Å². The van der Waals surface area contributed by atoms with Crippen LogP contribution < -0.4 is 5.43 Å². The predicted octanol–water partition coefficient (Wildman–Crippen LogP) is 2.72. The number of esters is 2. The number of benzene rings is 1. The number of carbonyl (C=O) groups is 2. The van der Waals surface area contributed by atoms with Crippen molar-refractivity contribution in [3.63, 3.8) is 0 Å². The maximum Gasteiger partial charge on any atom is 0.343 e. The second-order valence-corrected chi connectivity index (χ2v) is 5.53. The van der Waals surface area contributed by atoms with E-state index in [1.165, 1.54) is 13.8 Å². The van der Waals surface area contributed by atoms with Gasteiger partial charge in [0.2, 0.25) is 5.43 Å². The Labute approximate surface area is 146 Å². The SMILES string of the molecule is CCOC(=O)c1cn(C(C)COC(C)=O)c2c(F)c(F)c(F)cc2c1=O. The van der Waals surface area contributed by atoms with E-state index in [-0.39, 0.29) is 13.2 Å². The van der Waals surface area contributed by atoms with Gasteiger partial charge in [-0.1, -0.05) is 0 Å². The van der Waals surface area contributed by atoms with Crippen molar-refractivity contribution in [2.24, 2.45) is 0 Å². The zero-order valence-corrected chi connectivity index (χ0v) is 14.3. The first-order valence-corrected chi connectivity index (χ1v) is 7.71. The lowest BCUT2D eigenvalue weighted by Crippen LogP contribution is -2.25. The minimum absolute atomic E-state index is 0.0224. The standard InChI is InChI=1S/C17H16F3NO5/c1-4-25-17(24)11-6-21(8(2)7-26-9(3)22)15-10(16(11)23)5-12(18)13(19)14(15)20/h5-6,8H,4,7H2,1-3H3. The fourth-order valence-corrected chi connectivity index (χ4v) is 2.44. The van der Waals surface area contributed by atoms with Gasteiger partial charge in [0.05, 0.1) is 23.6 Å². The molecule has 2 rings (SSSR count). The lowest BCUT2D eigenvalue weighted by atomic mass is 10.1. The van der Waals surface area contributed by atoms with Crippen LogP contribution in [0.4, 0.5) is 13.2 Å². The monoisotopic (exact) mass is 371 g/mol. The first kappa shape index (κ1) is 19.5. The molecule has 0 saturated heterocycles. The summed E-state index contributed by atoms with van der Waals surface area (Å²) in [6.45, 7) is 3.91. The quantitative estimate of drug-likeness (QED) is 0.597. The molecular weight excluding hydrogens is 355 g/mol. The van der Waals surface area contributed by atoms with Crippen molar-refractivity contribution in [2.45, 2.75) is 26.8 Å². The first-order valence-electron chi connectivity index (χ1n) is 7.71. The summed E-state index contributed by atoms with van der Waals surface area (Å²) in [5.41, 5.74) is -2.01. The Morgan fingerprint density at radius 1 is 1.19 bits per heavy atom. The number of fused-ring (bicyclic) bond motifs is 1. The van der Waals surface area contributed by atoms with Crippen LogP contribution in [0, 0.1) is 17.5 Å². The molecule has 9 heteroatoms. The van der Waals surface area contributed by atoms with Gasteiger partial charge < -0.3 is 14.0 Å². The van der Waals surface area contributed by atoms with Gasteiger partial charge in [0, 0.05) is 13.1 Å². The van der Waals surface area contributed by atoms with Crippen molar-refractivity contribution in [3.05, 3.63) is 45.5 Å². The van der Waals surface area contributed by atoms with E-state index in [1.807, 2.05) is 0 Å². The fraction of sp³-hybridized carbons (Fsp3) is 0.353. The van der Waals surface area contributed by atoms with Crippen LogP contribution in [0.2, 0.25) is 0 Å². The Balaban J connectivity index is 2.80. The number of hydrogen-bond acceptors (Lipinski definition) is 5. The molecule has 1 aromatic heterocycles. The molecule has 0 fully saturated rings. The number of hydrogen-bond donors (Lipinski definition) is 0. The van der Waals surface area contributed by atoms with E-state index in [9.17, 15) is 27.6 Å². The van der Waals surface area contributed by atoms with E-state index in [4.69, 9.17) is 9.47 Å². The molecule has 1 heterocycles. The van der Waals surface area contributed by atoms with Crippen LogP contribution in [0.15, 0.2) is 17.1 Å². The summed E-state index contributed by atoms with van der Waals surface area (Å²) in [5.74, 6) is -6.49. The van der Waals surface area contributed by atoms with Gasteiger partial charge in [0.15, 0.2) is 17.5 Å². The van der Waals surface area contributed by atoms with E-state index in [1.54, 1.807) is 0 Å². The number of rotatable bonds is 5. The molecule has 0 aliphatic carbocycles. The summed E-state index contributed by atoms with van der Waals surface area (Å²) in [4.78, 5) is 35.4. The maximum atomic E-state index is 14.3. The number of nitrogens with zero attached hydrogens (tertiary/aromatic N) is 1. The predicted molar refractivity (Wildman–Crippen MR) is 85.4 cm³/mol. The Bertz CT molecular complexity index is 938. The zero-order valence-electron chi connectivity index (χ0n) is 14.3. The molecule has 0 radical (unpaired) electrons. The van der Waals surface area contributed by atoms with E-state index in [0.29, 0.717) is 6.07 Å². The van der Waals surface area contributed by atoms with Crippen LogP contribution in [0.5, 0.6) is 0 Å². The molecule has 0 amide bonds. The molecule has 0 spiro atoms. The van der Waals surface area contributed by atoms with Crippen LogP contribution in [0.25, 0.3) is 10.9 Å². The maximum absolute atomic E-state index is 14.3. The zero-order chi connectivity index (χ0) is 19.6. The number of pyridine rings is 1.